The van der Waals surface area contributed by atoms with Crippen LogP contribution >= 0.6 is 0 Å². The number of carboxylic acid groups (broad SMARTS) is 1. The van der Waals surface area contributed by atoms with Gasteiger partial charge >= 0.3 is 5.97 Å². The van der Waals surface area contributed by atoms with E-state index in [-0.39, 0.29) is 11.0 Å². The van der Waals surface area contributed by atoms with Crippen LogP contribution in [-0.4, -0.2) is 35.0 Å². The zero-order valence-corrected chi connectivity index (χ0v) is 11.9. The van der Waals surface area contributed by atoms with E-state index in [2.05, 4.69) is 13.8 Å². The molecule has 0 spiro atoms. The number of likely N-dealkylation sites (tertiary alicyclic amines) is 1. The van der Waals surface area contributed by atoms with Crippen LogP contribution in [0.5, 0.6) is 0 Å². The molecule has 1 amide bonds. The number of benzene rings is 1. The Bertz CT molecular complexity index is 589. The van der Waals surface area contributed by atoms with Crippen LogP contribution in [0.1, 0.15) is 47.4 Å². The van der Waals surface area contributed by atoms with Gasteiger partial charge in [-0.1, -0.05) is 13.8 Å². The molecule has 1 aromatic carbocycles. The van der Waals surface area contributed by atoms with Crippen molar-refractivity contribution in [1.82, 2.24) is 4.90 Å². The normalized spacial score (nSPS) is 17.6. The summed E-state index contributed by atoms with van der Waals surface area (Å²) in [7, 11) is 0. The molecule has 1 N–H and O–H groups in total. The maximum atomic E-state index is 13.3. The molecule has 1 aliphatic heterocycles. The molecule has 21 heavy (non-hydrogen) atoms. The second kappa shape index (κ2) is 5.42. The second-order valence-electron chi connectivity index (χ2n) is 6.07. The maximum absolute atomic E-state index is 13.3. The lowest BCUT2D eigenvalue weighted by Gasteiger charge is -2.37. The van der Waals surface area contributed by atoms with E-state index in [0.29, 0.717) is 25.2 Å². The van der Waals surface area contributed by atoms with Crippen molar-refractivity contribution in [3.8, 4) is 0 Å². The molecule has 1 fully saturated rings. The molecule has 0 radical (unpaired) electrons. The minimum atomic E-state index is -1.45. The molecule has 0 atom stereocenters. The highest BCUT2D eigenvalue weighted by Crippen LogP contribution is 2.30. The van der Waals surface area contributed by atoms with Crippen LogP contribution in [-0.2, 0) is 0 Å². The van der Waals surface area contributed by atoms with E-state index in [0.717, 1.165) is 12.8 Å². The third-order valence-corrected chi connectivity index (χ3v) is 3.93. The van der Waals surface area contributed by atoms with Gasteiger partial charge in [0.1, 0.15) is 0 Å². The summed E-state index contributed by atoms with van der Waals surface area (Å²) in [5, 5.41) is 9.05. The summed E-state index contributed by atoms with van der Waals surface area (Å²) >= 11 is 0. The van der Waals surface area contributed by atoms with Gasteiger partial charge in [0, 0.05) is 13.1 Å². The van der Waals surface area contributed by atoms with Crippen LogP contribution in [0.3, 0.4) is 0 Å². The molecule has 2 rings (SSSR count). The van der Waals surface area contributed by atoms with Crippen molar-refractivity contribution in [2.75, 3.05) is 13.1 Å². The Hall–Kier alpha value is -1.98. The highest BCUT2D eigenvalue weighted by molar-refractivity contribution is 6.04. The number of nitrogens with zero attached hydrogens (tertiary/aromatic N) is 1. The number of aromatic carboxylic acids is 1. The first-order chi connectivity index (χ1) is 9.71. The average Bonchev–Trinajstić information content (AvgIpc) is 2.40. The predicted molar refractivity (Wildman–Crippen MR) is 72.2 cm³/mol. The van der Waals surface area contributed by atoms with Crippen molar-refractivity contribution in [1.29, 1.82) is 0 Å². The van der Waals surface area contributed by atoms with Crippen LogP contribution in [0, 0.1) is 17.0 Å². The van der Waals surface area contributed by atoms with E-state index in [1.807, 2.05) is 0 Å². The van der Waals surface area contributed by atoms with E-state index in [9.17, 15) is 18.4 Å². The van der Waals surface area contributed by atoms with E-state index in [1.165, 1.54) is 4.90 Å². The third kappa shape index (κ3) is 3.20. The Balaban J connectivity index is 2.31. The van der Waals surface area contributed by atoms with Crippen LogP contribution in [0.25, 0.3) is 0 Å². The van der Waals surface area contributed by atoms with Crippen molar-refractivity contribution in [2.45, 2.75) is 26.7 Å². The lowest BCUT2D eigenvalue weighted by atomic mass is 9.82. The highest BCUT2D eigenvalue weighted by atomic mass is 19.2. The molecular weight excluding hydrogens is 280 g/mol. The lowest BCUT2D eigenvalue weighted by molar-refractivity contribution is 0.0608. The molecule has 1 aliphatic rings. The standard InChI is InChI=1S/C15H17F2NO3/c1-15(2)3-5-18(6-4-15)13(19)9-7-11(16)12(17)8-10(9)14(20)21/h7-8H,3-6H2,1-2H3,(H,20,21). The van der Waals surface area contributed by atoms with Gasteiger partial charge in [0.25, 0.3) is 5.91 Å². The van der Waals surface area contributed by atoms with Gasteiger partial charge in [-0.2, -0.15) is 0 Å². The number of hydrogen-bond donors (Lipinski definition) is 1. The monoisotopic (exact) mass is 297 g/mol. The first-order valence-corrected chi connectivity index (χ1v) is 6.73. The van der Waals surface area contributed by atoms with Crippen LogP contribution in [0.2, 0.25) is 0 Å². The van der Waals surface area contributed by atoms with Gasteiger partial charge in [0.15, 0.2) is 11.6 Å². The van der Waals surface area contributed by atoms with E-state index in [1.54, 1.807) is 0 Å². The van der Waals surface area contributed by atoms with Crippen molar-refractivity contribution < 1.29 is 23.5 Å². The maximum Gasteiger partial charge on any atom is 0.336 e. The molecule has 1 aromatic rings. The second-order valence-corrected chi connectivity index (χ2v) is 6.07. The summed E-state index contributed by atoms with van der Waals surface area (Å²) in [5.41, 5.74) is -0.690. The average molecular weight is 297 g/mol. The molecule has 0 aromatic heterocycles. The minimum Gasteiger partial charge on any atom is -0.478 e. The topological polar surface area (TPSA) is 57.6 Å². The van der Waals surface area contributed by atoms with Crippen molar-refractivity contribution in [3.63, 3.8) is 0 Å². The van der Waals surface area contributed by atoms with Crippen molar-refractivity contribution >= 4 is 11.9 Å². The molecule has 114 valence electrons. The molecule has 1 heterocycles. The van der Waals surface area contributed by atoms with Gasteiger partial charge in [-0.05, 0) is 30.4 Å². The fourth-order valence-corrected chi connectivity index (χ4v) is 2.39. The number of hydrogen-bond acceptors (Lipinski definition) is 2. The Labute approximate surface area is 121 Å². The summed E-state index contributed by atoms with van der Waals surface area (Å²) in [6.45, 7) is 5.14. The fraction of sp³-hybridized carbons (Fsp3) is 0.467. The first kappa shape index (κ1) is 15.4. The number of carbonyl (C=O) groups excluding carboxylic acids is 1. The summed E-state index contributed by atoms with van der Waals surface area (Å²) in [5.74, 6) is -4.51. The van der Waals surface area contributed by atoms with Gasteiger partial charge in [-0.15, -0.1) is 0 Å². The zero-order chi connectivity index (χ0) is 15.8. The number of amides is 1. The van der Waals surface area contributed by atoms with Crippen LogP contribution in [0.4, 0.5) is 8.78 Å². The Morgan fingerprint density at radius 2 is 1.57 bits per heavy atom. The first-order valence-electron chi connectivity index (χ1n) is 6.73. The molecule has 0 bridgehead atoms. The smallest absolute Gasteiger partial charge is 0.336 e. The Kier molecular flexibility index (Phi) is 3.98. The van der Waals surface area contributed by atoms with E-state index < -0.39 is 29.1 Å². The number of carboxylic acids is 1. The molecule has 0 aliphatic carbocycles. The lowest BCUT2D eigenvalue weighted by Crippen LogP contribution is -2.41. The highest BCUT2D eigenvalue weighted by Gasteiger charge is 2.30. The Morgan fingerprint density at radius 3 is 2.05 bits per heavy atom. The van der Waals surface area contributed by atoms with Crippen LogP contribution < -0.4 is 0 Å². The quantitative estimate of drug-likeness (QED) is 0.913. The number of carbonyl (C=O) groups is 2. The Morgan fingerprint density at radius 1 is 1.10 bits per heavy atom. The molecular formula is C15H17F2NO3. The largest absolute Gasteiger partial charge is 0.478 e. The number of piperidine rings is 1. The van der Waals surface area contributed by atoms with E-state index >= 15 is 0 Å². The van der Waals surface area contributed by atoms with Gasteiger partial charge in [0.05, 0.1) is 11.1 Å². The molecule has 6 heteroatoms. The number of rotatable bonds is 2. The van der Waals surface area contributed by atoms with E-state index in [4.69, 9.17) is 5.11 Å². The molecule has 0 unspecified atom stereocenters. The summed E-state index contributed by atoms with van der Waals surface area (Å²) < 4.78 is 26.5. The van der Waals surface area contributed by atoms with Crippen LogP contribution in [0.15, 0.2) is 12.1 Å². The van der Waals surface area contributed by atoms with Crippen molar-refractivity contribution in [2.24, 2.45) is 5.41 Å². The predicted octanol–water partition coefficient (Wildman–Crippen LogP) is 2.93. The molecule has 0 saturated carbocycles. The summed E-state index contributed by atoms with van der Waals surface area (Å²) in [6.07, 6.45) is 1.57. The molecule has 1 saturated heterocycles. The minimum absolute atomic E-state index is 0.125. The van der Waals surface area contributed by atoms with Gasteiger partial charge in [-0.25, -0.2) is 13.6 Å². The van der Waals surface area contributed by atoms with Gasteiger partial charge < -0.3 is 10.0 Å². The van der Waals surface area contributed by atoms with Gasteiger partial charge in [0.2, 0.25) is 0 Å². The third-order valence-electron chi connectivity index (χ3n) is 3.93. The van der Waals surface area contributed by atoms with Gasteiger partial charge in [-0.3, -0.25) is 4.79 Å². The summed E-state index contributed by atoms with van der Waals surface area (Å²) in [4.78, 5) is 25.0. The fourth-order valence-electron chi connectivity index (χ4n) is 2.39. The van der Waals surface area contributed by atoms with Crippen molar-refractivity contribution in [3.05, 3.63) is 34.9 Å². The SMILES string of the molecule is CC1(C)CCN(C(=O)c2cc(F)c(F)cc2C(=O)O)CC1. The number of halogens is 2. The molecule has 4 nitrogen and oxygen atoms in total. The summed E-state index contributed by atoms with van der Waals surface area (Å²) in [6, 6.07) is 1.22. The zero-order valence-electron chi connectivity index (χ0n) is 11.9.